The third-order valence-corrected chi connectivity index (χ3v) is 3.58. The summed E-state index contributed by atoms with van der Waals surface area (Å²) in [6, 6.07) is 7.76. The van der Waals surface area contributed by atoms with Gasteiger partial charge < -0.3 is 4.98 Å². The molecule has 2 rings (SSSR count). The minimum atomic E-state index is -3.77. The minimum absolute atomic E-state index is 0.0876. The number of nitrogens with one attached hydrogen (secondary N) is 2. The van der Waals surface area contributed by atoms with Crippen molar-refractivity contribution in [1.82, 2.24) is 9.97 Å². The number of aromatic nitrogens is 2. The van der Waals surface area contributed by atoms with Crippen LogP contribution in [0.4, 0.5) is 5.69 Å². The predicted molar refractivity (Wildman–Crippen MR) is 65.3 cm³/mol. The van der Waals surface area contributed by atoms with Gasteiger partial charge in [0.25, 0.3) is 10.0 Å². The number of hydrogen-bond acceptors (Lipinski definition) is 5. The van der Waals surface area contributed by atoms with Crippen LogP contribution < -0.4 is 4.72 Å². The fraction of sp³-hybridized carbons (Fsp3) is 0. The Morgan fingerprint density at radius 1 is 1.21 bits per heavy atom. The number of nitrogens with zero attached hydrogens (tertiary/aromatic N) is 3. The zero-order chi connectivity index (χ0) is 13.9. The molecule has 0 aliphatic heterocycles. The van der Waals surface area contributed by atoms with Crippen molar-refractivity contribution < 1.29 is 8.42 Å². The maximum absolute atomic E-state index is 11.9. The van der Waals surface area contributed by atoms with Crippen LogP contribution in [0.15, 0.2) is 35.7 Å². The SMILES string of the molecule is N#Cc1ccc(NS(=O)(=O)c2cnc[nH]2)cc1C#N. The van der Waals surface area contributed by atoms with Gasteiger partial charge >= 0.3 is 0 Å². The summed E-state index contributed by atoms with van der Waals surface area (Å²) in [6.45, 7) is 0. The highest BCUT2D eigenvalue weighted by molar-refractivity contribution is 7.92. The van der Waals surface area contributed by atoms with Gasteiger partial charge in [-0.1, -0.05) is 0 Å². The smallest absolute Gasteiger partial charge is 0.278 e. The molecule has 0 saturated heterocycles. The maximum Gasteiger partial charge on any atom is 0.278 e. The molecule has 2 aromatic rings. The van der Waals surface area contributed by atoms with Crippen LogP contribution in [-0.4, -0.2) is 18.4 Å². The van der Waals surface area contributed by atoms with Gasteiger partial charge in [-0.15, -0.1) is 0 Å². The molecule has 0 atom stereocenters. The summed E-state index contributed by atoms with van der Waals surface area (Å²) in [4.78, 5) is 6.09. The number of aromatic amines is 1. The van der Waals surface area contributed by atoms with E-state index in [1.165, 1.54) is 24.5 Å². The van der Waals surface area contributed by atoms with Crippen LogP contribution in [0.3, 0.4) is 0 Å². The molecule has 19 heavy (non-hydrogen) atoms. The van der Waals surface area contributed by atoms with Crippen molar-refractivity contribution in [3.05, 3.63) is 41.9 Å². The summed E-state index contributed by atoms with van der Waals surface area (Å²) in [5.74, 6) is 0. The van der Waals surface area contributed by atoms with Gasteiger partial charge in [-0.2, -0.15) is 18.9 Å². The average Bonchev–Trinajstić information content (AvgIpc) is 2.93. The molecule has 7 nitrogen and oxygen atoms in total. The topological polar surface area (TPSA) is 122 Å². The van der Waals surface area contributed by atoms with Gasteiger partial charge in [-0.05, 0) is 18.2 Å². The maximum atomic E-state index is 11.9. The van der Waals surface area contributed by atoms with Crippen molar-refractivity contribution in [3.63, 3.8) is 0 Å². The summed E-state index contributed by atoms with van der Waals surface area (Å²) in [5.41, 5.74) is 0.490. The summed E-state index contributed by atoms with van der Waals surface area (Å²) in [7, 11) is -3.77. The number of nitriles is 2. The first kappa shape index (κ1) is 12.6. The van der Waals surface area contributed by atoms with E-state index in [-0.39, 0.29) is 21.8 Å². The van der Waals surface area contributed by atoms with E-state index in [1.54, 1.807) is 0 Å². The van der Waals surface area contributed by atoms with Gasteiger partial charge in [0, 0.05) is 0 Å². The molecule has 0 aliphatic rings. The zero-order valence-electron chi connectivity index (χ0n) is 9.45. The molecule has 0 amide bonds. The molecule has 0 bridgehead atoms. The number of sulfonamides is 1. The zero-order valence-corrected chi connectivity index (χ0v) is 10.3. The average molecular weight is 273 g/mol. The highest BCUT2D eigenvalue weighted by Gasteiger charge is 2.16. The fourth-order valence-corrected chi connectivity index (χ4v) is 2.35. The van der Waals surface area contributed by atoms with Crippen LogP contribution in [0, 0.1) is 22.7 Å². The molecule has 94 valence electrons. The number of rotatable bonds is 3. The second-order valence-corrected chi connectivity index (χ2v) is 5.16. The van der Waals surface area contributed by atoms with Crippen molar-refractivity contribution in [3.8, 4) is 12.1 Å². The first-order valence-electron chi connectivity index (χ1n) is 5.02. The van der Waals surface area contributed by atoms with Crippen LogP contribution >= 0.6 is 0 Å². The molecule has 1 aromatic heterocycles. The molecule has 1 aromatic carbocycles. The van der Waals surface area contributed by atoms with Crippen molar-refractivity contribution in [1.29, 1.82) is 10.5 Å². The first-order valence-corrected chi connectivity index (χ1v) is 6.50. The normalized spacial score (nSPS) is 10.4. The highest BCUT2D eigenvalue weighted by atomic mass is 32.2. The quantitative estimate of drug-likeness (QED) is 0.862. The van der Waals surface area contributed by atoms with Crippen LogP contribution in [0.5, 0.6) is 0 Å². The van der Waals surface area contributed by atoms with Gasteiger partial charge in [0.15, 0.2) is 5.03 Å². The number of hydrogen-bond donors (Lipinski definition) is 2. The van der Waals surface area contributed by atoms with E-state index in [1.807, 2.05) is 12.1 Å². The Balaban J connectivity index is 2.36. The van der Waals surface area contributed by atoms with Crippen LogP contribution in [0.25, 0.3) is 0 Å². The molecule has 2 N–H and O–H groups in total. The van der Waals surface area contributed by atoms with E-state index in [0.717, 1.165) is 6.20 Å². The monoisotopic (exact) mass is 273 g/mol. The van der Waals surface area contributed by atoms with Gasteiger partial charge in [0.05, 0.1) is 29.3 Å². The third-order valence-electron chi connectivity index (χ3n) is 2.28. The molecule has 0 fully saturated rings. The van der Waals surface area contributed by atoms with E-state index in [2.05, 4.69) is 14.7 Å². The minimum Gasteiger partial charge on any atom is -0.334 e. The van der Waals surface area contributed by atoms with Crippen LogP contribution in [-0.2, 0) is 10.0 Å². The molecular formula is C11H7N5O2S. The van der Waals surface area contributed by atoms with Crippen molar-refractivity contribution >= 4 is 15.7 Å². The Bertz CT molecular complexity index is 781. The van der Waals surface area contributed by atoms with E-state index in [9.17, 15) is 8.42 Å². The molecule has 0 unspecified atom stereocenters. The Hall–Kier alpha value is -2.84. The lowest BCUT2D eigenvalue weighted by molar-refractivity contribution is 0.598. The standard InChI is InChI=1S/C11H7N5O2S/c12-4-8-1-2-10(3-9(8)5-13)16-19(17,18)11-6-14-7-15-11/h1-3,6-7,16H,(H,14,15). The van der Waals surface area contributed by atoms with Crippen LogP contribution in [0.1, 0.15) is 11.1 Å². The summed E-state index contributed by atoms with van der Waals surface area (Å²) < 4.78 is 26.1. The summed E-state index contributed by atoms with van der Waals surface area (Å²) in [5, 5.41) is 17.5. The Morgan fingerprint density at radius 3 is 2.53 bits per heavy atom. The fourth-order valence-electron chi connectivity index (χ4n) is 1.40. The number of H-pyrrole nitrogens is 1. The van der Waals surface area contributed by atoms with Gasteiger partial charge in [0.1, 0.15) is 12.1 Å². The first-order chi connectivity index (χ1) is 9.06. The number of anilines is 1. The molecular weight excluding hydrogens is 266 g/mol. The van der Waals surface area contributed by atoms with Gasteiger partial charge in [-0.3, -0.25) is 4.72 Å². The summed E-state index contributed by atoms with van der Waals surface area (Å²) in [6.07, 6.45) is 2.41. The Kier molecular flexibility index (Phi) is 3.19. The molecule has 1 heterocycles. The number of imidazole rings is 1. The molecule has 0 spiro atoms. The Labute approximate surface area is 109 Å². The molecule has 0 radical (unpaired) electrons. The predicted octanol–water partition coefficient (Wildman–Crippen LogP) is 0.954. The molecule has 0 aliphatic carbocycles. The van der Waals surface area contributed by atoms with E-state index in [4.69, 9.17) is 10.5 Å². The van der Waals surface area contributed by atoms with E-state index < -0.39 is 10.0 Å². The third kappa shape index (κ3) is 2.54. The van der Waals surface area contributed by atoms with Gasteiger partial charge in [0.2, 0.25) is 0 Å². The highest BCUT2D eigenvalue weighted by Crippen LogP contribution is 2.17. The largest absolute Gasteiger partial charge is 0.334 e. The summed E-state index contributed by atoms with van der Waals surface area (Å²) >= 11 is 0. The second-order valence-electron chi connectivity index (χ2n) is 3.51. The van der Waals surface area contributed by atoms with Gasteiger partial charge in [-0.25, -0.2) is 4.98 Å². The van der Waals surface area contributed by atoms with Crippen LogP contribution in [0.2, 0.25) is 0 Å². The van der Waals surface area contributed by atoms with Crippen molar-refractivity contribution in [2.45, 2.75) is 5.03 Å². The molecule has 8 heteroatoms. The molecule has 0 saturated carbocycles. The van der Waals surface area contributed by atoms with E-state index in [0.29, 0.717) is 0 Å². The Morgan fingerprint density at radius 2 is 1.95 bits per heavy atom. The van der Waals surface area contributed by atoms with Crippen molar-refractivity contribution in [2.24, 2.45) is 0 Å². The second kappa shape index (κ2) is 4.80. The number of benzene rings is 1. The lowest BCUT2D eigenvalue weighted by Gasteiger charge is -2.06. The van der Waals surface area contributed by atoms with E-state index >= 15 is 0 Å². The lowest BCUT2D eigenvalue weighted by Crippen LogP contribution is -2.13. The van der Waals surface area contributed by atoms with Crippen molar-refractivity contribution in [2.75, 3.05) is 4.72 Å². The lowest BCUT2D eigenvalue weighted by atomic mass is 10.1.